The lowest BCUT2D eigenvalue weighted by atomic mass is 10.0. The fourth-order valence-corrected chi connectivity index (χ4v) is 2.26. The Hall–Kier alpha value is -1.94. The zero-order valence-corrected chi connectivity index (χ0v) is 12.4. The lowest BCUT2D eigenvalue weighted by molar-refractivity contribution is 0.324. The SMILES string of the molecule is COc1cc(-c2cccnc2CCl)cc(OC)c1OC. The molecule has 0 aliphatic heterocycles. The van der Waals surface area contributed by atoms with E-state index in [9.17, 15) is 0 Å². The third kappa shape index (κ3) is 2.65. The van der Waals surface area contributed by atoms with E-state index >= 15 is 0 Å². The molecule has 5 heteroatoms. The van der Waals surface area contributed by atoms with Crippen molar-refractivity contribution in [3.63, 3.8) is 0 Å². The molecule has 0 saturated carbocycles. The van der Waals surface area contributed by atoms with Gasteiger partial charge >= 0.3 is 0 Å². The van der Waals surface area contributed by atoms with Gasteiger partial charge in [0.2, 0.25) is 5.75 Å². The van der Waals surface area contributed by atoms with Crippen molar-refractivity contribution < 1.29 is 14.2 Å². The second kappa shape index (κ2) is 6.48. The summed E-state index contributed by atoms with van der Waals surface area (Å²) >= 11 is 5.94. The third-order valence-electron chi connectivity index (χ3n) is 2.99. The van der Waals surface area contributed by atoms with E-state index in [4.69, 9.17) is 25.8 Å². The van der Waals surface area contributed by atoms with Crippen LogP contribution in [0.3, 0.4) is 0 Å². The standard InChI is InChI=1S/C15H16ClNO3/c1-18-13-7-10(8-14(19-2)15(13)20-3)11-5-4-6-17-12(11)9-16/h4-8H,9H2,1-3H3. The Morgan fingerprint density at radius 1 is 1.05 bits per heavy atom. The molecular formula is C15H16ClNO3. The number of methoxy groups -OCH3 is 3. The first kappa shape index (κ1) is 14.5. The van der Waals surface area contributed by atoms with Crippen LogP contribution in [0, 0.1) is 0 Å². The molecule has 0 saturated heterocycles. The molecule has 0 atom stereocenters. The number of pyridine rings is 1. The first-order chi connectivity index (χ1) is 9.74. The Balaban J connectivity index is 2.63. The molecule has 1 aromatic heterocycles. The van der Waals surface area contributed by atoms with E-state index in [0.717, 1.165) is 16.8 Å². The minimum atomic E-state index is 0.340. The molecule has 2 rings (SSSR count). The van der Waals surface area contributed by atoms with Gasteiger partial charge in [-0.2, -0.15) is 0 Å². The van der Waals surface area contributed by atoms with E-state index in [0.29, 0.717) is 23.1 Å². The van der Waals surface area contributed by atoms with E-state index in [1.165, 1.54) is 0 Å². The Bertz CT molecular complexity index is 576. The lowest BCUT2D eigenvalue weighted by Crippen LogP contribution is -1.97. The molecule has 0 radical (unpaired) electrons. The van der Waals surface area contributed by atoms with Crippen LogP contribution in [-0.4, -0.2) is 26.3 Å². The molecule has 0 spiro atoms. The number of halogens is 1. The molecule has 0 bridgehead atoms. The van der Waals surface area contributed by atoms with Gasteiger partial charge in [0.1, 0.15) is 0 Å². The minimum Gasteiger partial charge on any atom is -0.493 e. The van der Waals surface area contributed by atoms with E-state index in [2.05, 4.69) is 4.98 Å². The molecule has 0 amide bonds. The zero-order chi connectivity index (χ0) is 14.5. The maximum atomic E-state index is 5.94. The zero-order valence-electron chi connectivity index (χ0n) is 11.6. The average molecular weight is 294 g/mol. The fraction of sp³-hybridized carbons (Fsp3) is 0.267. The fourth-order valence-electron chi connectivity index (χ4n) is 2.04. The van der Waals surface area contributed by atoms with Gasteiger partial charge in [0.15, 0.2) is 11.5 Å². The molecule has 0 N–H and O–H groups in total. The summed E-state index contributed by atoms with van der Waals surface area (Å²) in [6, 6.07) is 7.60. The molecule has 4 nitrogen and oxygen atoms in total. The van der Waals surface area contributed by atoms with Crippen molar-refractivity contribution in [1.29, 1.82) is 0 Å². The third-order valence-corrected chi connectivity index (χ3v) is 3.25. The summed E-state index contributed by atoms with van der Waals surface area (Å²) in [6.45, 7) is 0. The van der Waals surface area contributed by atoms with Gasteiger partial charge in [-0.15, -0.1) is 11.6 Å². The molecular weight excluding hydrogens is 278 g/mol. The van der Waals surface area contributed by atoms with Crippen LogP contribution in [0.1, 0.15) is 5.69 Å². The number of alkyl halides is 1. The number of nitrogens with zero attached hydrogens (tertiary/aromatic N) is 1. The second-order valence-corrected chi connectivity index (χ2v) is 4.31. The largest absolute Gasteiger partial charge is 0.493 e. The topological polar surface area (TPSA) is 40.6 Å². The summed E-state index contributed by atoms with van der Waals surface area (Å²) in [7, 11) is 4.76. The van der Waals surface area contributed by atoms with E-state index < -0.39 is 0 Å². The summed E-state index contributed by atoms with van der Waals surface area (Å²) in [5.41, 5.74) is 2.67. The van der Waals surface area contributed by atoms with Crippen LogP contribution in [0.15, 0.2) is 30.5 Å². The van der Waals surface area contributed by atoms with Gasteiger partial charge < -0.3 is 14.2 Å². The van der Waals surface area contributed by atoms with Crippen molar-refractivity contribution in [2.24, 2.45) is 0 Å². The van der Waals surface area contributed by atoms with Crippen LogP contribution >= 0.6 is 11.6 Å². The smallest absolute Gasteiger partial charge is 0.203 e. The predicted octanol–water partition coefficient (Wildman–Crippen LogP) is 3.51. The van der Waals surface area contributed by atoms with Crippen LogP contribution in [-0.2, 0) is 5.88 Å². The van der Waals surface area contributed by atoms with Gasteiger partial charge in [0.05, 0.1) is 32.9 Å². The molecule has 1 aromatic carbocycles. The quantitative estimate of drug-likeness (QED) is 0.791. The van der Waals surface area contributed by atoms with Crippen LogP contribution in [0.4, 0.5) is 0 Å². The number of hydrogen-bond acceptors (Lipinski definition) is 4. The molecule has 0 fully saturated rings. The average Bonchev–Trinajstić information content (AvgIpc) is 2.53. The lowest BCUT2D eigenvalue weighted by Gasteiger charge is -2.15. The summed E-state index contributed by atoms with van der Waals surface area (Å²) in [6.07, 6.45) is 1.72. The molecule has 0 aliphatic carbocycles. The summed E-state index contributed by atoms with van der Waals surface area (Å²) in [5, 5.41) is 0. The van der Waals surface area contributed by atoms with Crippen molar-refractivity contribution >= 4 is 11.6 Å². The van der Waals surface area contributed by atoms with Crippen LogP contribution in [0.25, 0.3) is 11.1 Å². The Kier molecular flexibility index (Phi) is 4.69. The van der Waals surface area contributed by atoms with Gasteiger partial charge in [-0.25, -0.2) is 0 Å². The maximum Gasteiger partial charge on any atom is 0.203 e. The van der Waals surface area contributed by atoms with Crippen LogP contribution in [0.2, 0.25) is 0 Å². The van der Waals surface area contributed by atoms with Gasteiger partial charge in [0.25, 0.3) is 0 Å². The highest BCUT2D eigenvalue weighted by Crippen LogP contribution is 2.41. The van der Waals surface area contributed by atoms with Gasteiger partial charge in [-0.1, -0.05) is 6.07 Å². The van der Waals surface area contributed by atoms with Crippen LogP contribution < -0.4 is 14.2 Å². The summed E-state index contributed by atoms with van der Waals surface area (Å²) in [4.78, 5) is 4.28. The van der Waals surface area contributed by atoms with Crippen molar-refractivity contribution in [2.75, 3.05) is 21.3 Å². The van der Waals surface area contributed by atoms with Crippen molar-refractivity contribution in [1.82, 2.24) is 4.98 Å². The highest BCUT2D eigenvalue weighted by Gasteiger charge is 2.15. The van der Waals surface area contributed by atoms with Crippen molar-refractivity contribution in [3.05, 3.63) is 36.2 Å². The molecule has 1 heterocycles. The second-order valence-electron chi connectivity index (χ2n) is 4.05. The Morgan fingerprint density at radius 2 is 1.70 bits per heavy atom. The summed E-state index contributed by atoms with van der Waals surface area (Å²) < 4.78 is 16.0. The highest BCUT2D eigenvalue weighted by molar-refractivity contribution is 6.17. The molecule has 2 aromatic rings. The molecule has 0 unspecified atom stereocenters. The molecule has 106 valence electrons. The Morgan fingerprint density at radius 3 is 2.20 bits per heavy atom. The Labute approximate surface area is 123 Å². The number of ether oxygens (including phenoxy) is 3. The van der Waals surface area contributed by atoms with Gasteiger partial charge in [0, 0.05) is 11.8 Å². The van der Waals surface area contributed by atoms with E-state index in [1.807, 2.05) is 24.3 Å². The number of rotatable bonds is 5. The maximum absolute atomic E-state index is 5.94. The highest BCUT2D eigenvalue weighted by atomic mass is 35.5. The van der Waals surface area contributed by atoms with Crippen molar-refractivity contribution in [3.8, 4) is 28.4 Å². The first-order valence-electron chi connectivity index (χ1n) is 6.05. The predicted molar refractivity (Wildman–Crippen MR) is 78.9 cm³/mol. The van der Waals surface area contributed by atoms with Crippen molar-refractivity contribution in [2.45, 2.75) is 5.88 Å². The van der Waals surface area contributed by atoms with Crippen LogP contribution in [0.5, 0.6) is 17.2 Å². The monoisotopic (exact) mass is 293 g/mol. The number of aromatic nitrogens is 1. The van der Waals surface area contributed by atoms with E-state index in [-0.39, 0.29) is 0 Å². The minimum absolute atomic E-state index is 0.340. The first-order valence-corrected chi connectivity index (χ1v) is 6.58. The van der Waals surface area contributed by atoms with Gasteiger partial charge in [-0.3, -0.25) is 4.98 Å². The summed E-state index contributed by atoms with van der Waals surface area (Å²) in [5.74, 6) is 2.11. The number of benzene rings is 1. The van der Waals surface area contributed by atoms with E-state index in [1.54, 1.807) is 27.5 Å². The normalized spacial score (nSPS) is 10.2. The molecule has 20 heavy (non-hydrogen) atoms. The molecule has 0 aliphatic rings. The van der Waals surface area contributed by atoms with Gasteiger partial charge in [-0.05, 0) is 23.8 Å². The number of hydrogen-bond donors (Lipinski definition) is 0.